The SMILES string of the molecule is CCCC(=O)Nc1ccccc1C(=O)Oc1cccc2c1C(=O)c1ccccc1C2=O. The average Bonchev–Trinajstić information content (AvgIpc) is 2.78. The van der Waals surface area contributed by atoms with E-state index in [9.17, 15) is 19.2 Å². The van der Waals surface area contributed by atoms with Crippen LogP contribution in [0.15, 0.2) is 66.7 Å². The second kappa shape index (κ2) is 8.36. The maximum Gasteiger partial charge on any atom is 0.345 e. The number of benzene rings is 3. The maximum atomic E-state index is 13.1. The minimum absolute atomic E-state index is 0.00467. The van der Waals surface area contributed by atoms with Crippen molar-refractivity contribution in [1.29, 1.82) is 0 Å². The zero-order chi connectivity index (χ0) is 22.0. The fraction of sp³-hybridized carbons (Fsp3) is 0.120. The van der Waals surface area contributed by atoms with E-state index in [1.807, 2.05) is 6.92 Å². The lowest BCUT2D eigenvalue weighted by atomic mass is 9.83. The quantitative estimate of drug-likeness (QED) is 0.386. The fourth-order valence-corrected chi connectivity index (χ4v) is 3.56. The van der Waals surface area contributed by atoms with Gasteiger partial charge in [-0.25, -0.2) is 4.79 Å². The molecular weight excluding hydrogens is 394 g/mol. The minimum Gasteiger partial charge on any atom is -0.422 e. The molecule has 3 aromatic rings. The summed E-state index contributed by atoms with van der Waals surface area (Å²) < 4.78 is 5.55. The molecule has 1 aliphatic rings. The molecule has 1 aliphatic carbocycles. The molecule has 0 saturated carbocycles. The summed E-state index contributed by atoms with van der Waals surface area (Å²) in [6.45, 7) is 1.88. The minimum atomic E-state index is -0.736. The highest BCUT2D eigenvalue weighted by molar-refractivity contribution is 6.29. The van der Waals surface area contributed by atoms with Crippen LogP contribution >= 0.6 is 0 Å². The van der Waals surface area contributed by atoms with Crippen molar-refractivity contribution in [2.75, 3.05) is 5.32 Å². The number of carbonyl (C=O) groups excluding carboxylic acids is 4. The highest BCUT2D eigenvalue weighted by atomic mass is 16.5. The van der Waals surface area contributed by atoms with Gasteiger partial charge in [0.1, 0.15) is 5.75 Å². The standard InChI is InChI=1S/C25H19NO5/c1-2-8-21(27)26-19-13-6-5-11-17(19)25(30)31-20-14-7-12-18-22(20)24(29)16-10-4-3-9-15(16)23(18)28/h3-7,9-14H,2,8H2,1H3,(H,26,27). The maximum absolute atomic E-state index is 13.1. The van der Waals surface area contributed by atoms with Crippen molar-refractivity contribution in [3.05, 3.63) is 94.5 Å². The molecule has 0 bridgehead atoms. The molecule has 0 aromatic heterocycles. The summed E-state index contributed by atoms with van der Waals surface area (Å²) >= 11 is 0. The molecule has 4 rings (SSSR count). The zero-order valence-electron chi connectivity index (χ0n) is 16.8. The largest absolute Gasteiger partial charge is 0.422 e. The molecule has 0 radical (unpaired) electrons. The molecule has 0 fully saturated rings. The Kier molecular flexibility index (Phi) is 5.45. The lowest BCUT2D eigenvalue weighted by molar-refractivity contribution is -0.116. The third kappa shape index (κ3) is 3.75. The number of nitrogens with one attached hydrogen (secondary N) is 1. The first-order chi connectivity index (χ1) is 15.0. The Morgan fingerprint density at radius 2 is 1.45 bits per heavy atom. The number of ketones is 2. The van der Waals surface area contributed by atoms with Crippen molar-refractivity contribution in [2.45, 2.75) is 19.8 Å². The van der Waals surface area contributed by atoms with Crippen LogP contribution < -0.4 is 10.1 Å². The van der Waals surface area contributed by atoms with Gasteiger partial charge >= 0.3 is 5.97 Å². The lowest BCUT2D eigenvalue weighted by Gasteiger charge is -2.19. The molecule has 3 aromatic carbocycles. The van der Waals surface area contributed by atoms with Crippen LogP contribution in [0.2, 0.25) is 0 Å². The van der Waals surface area contributed by atoms with Gasteiger partial charge in [-0.15, -0.1) is 0 Å². The molecule has 1 N–H and O–H groups in total. The average molecular weight is 413 g/mol. The van der Waals surface area contributed by atoms with E-state index in [4.69, 9.17) is 4.74 Å². The number of rotatable bonds is 5. The van der Waals surface area contributed by atoms with Gasteiger partial charge in [-0.2, -0.15) is 0 Å². The first-order valence-corrected chi connectivity index (χ1v) is 9.93. The van der Waals surface area contributed by atoms with Crippen molar-refractivity contribution >= 4 is 29.1 Å². The van der Waals surface area contributed by atoms with Gasteiger partial charge in [0.15, 0.2) is 11.6 Å². The Bertz CT molecular complexity index is 1230. The summed E-state index contributed by atoms with van der Waals surface area (Å²) in [7, 11) is 0. The molecule has 6 nitrogen and oxygen atoms in total. The molecule has 0 saturated heterocycles. The number of ether oxygens (including phenoxy) is 1. The normalized spacial score (nSPS) is 12.0. The van der Waals surface area contributed by atoms with Gasteiger partial charge in [-0.1, -0.05) is 55.5 Å². The lowest BCUT2D eigenvalue weighted by Crippen LogP contribution is -2.23. The van der Waals surface area contributed by atoms with Crippen LogP contribution in [-0.2, 0) is 4.79 Å². The molecule has 0 heterocycles. The number of para-hydroxylation sites is 1. The Balaban J connectivity index is 1.68. The Morgan fingerprint density at radius 1 is 0.806 bits per heavy atom. The Morgan fingerprint density at radius 3 is 2.19 bits per heavy atom. The van der Waals surface area contributed by atoms with Crippen LogP contribution in [0.5, 0.6) is 5.75 Å². The highest BCUT2D eigenvalue weighted by Gasteiger charge is 2.32. The predicted octanol–water partition coefficient (Wildman–Crippen LogP) is 4.42. The smallest absolute Gasteiger partial charge is 0.345 e. The summed E-state index contributed by atoms with van der Waals surface area (Å²) in [4.78, 5) is 50.8. The number of hydrogen-bond acceptors (Lipinski definition) is 5. The van der Waals surface area contributed by atoms with E-state index < -0.39 is 5.97 Å². The zero-order valence-corrected chi connectivity index (χ0v) is 16.8. The first-order valence-electron chi connectivity index (χ1n) is 9.93. The van der Waals surface area contributed by atoms with E-state index >= 15 is 0 Å². The second-order valence-corrected chi connectivity index (χ2v) is 7.12. The van der Waals surface area contributed by atoms with Crippen molar-refractivity contribution in [1.82, 2.24) is 0 Å². The summed E-state index contributed by atoms with van der Waals surface area (Å²) in [5.41, 5.74) is 1.33. The molecule has 0 unspecified atom stereocenters. The number of fused-ring (bicyclic) bond motifs is 2. The molecular formula is C25H19NO5. The van der Waals surface area contributed by atoms with Crippen molar-refractivity contribution in [3.63, 3.8) is 0 Å². The van der Waals surface area contributed by atoms with E-state index in [0.29, 0.717) is 24.1 Å². The van der Waals surface area contributed by atoms with E-state index in [0.717, 1.165) is 0 Å². The number of esters is 1. The van der Waals surface area contributed by atoms with Gasteiger partial charge in [0.05, 0.1) is 16.8 Å². The van der Waals surface area contributed by atoms with Gasteiger partial charge < -0.3 is 10.1 Å². The van der Waals surface area contributed by atoms with Crippen molar-refractivity contribution < 1.29 is 23.9 Å². The van der Waals surface area contributed by atoms with Gasteiger partial charge in [0, 0.05) is 23.1 Å². The monoisotopic (exact) mass is 413 g/mol. The molecule has 0 atom stereocenters. The Labute approximate surface area is 178 Å². The van der Waals surface area contributed by atoms with Gasteiger partial charge in [-0.3, -0.25) is 14.4 Å². The van der Waals surface area contributed by atoms with Crippen LogP contribution in [0.3, 0.4) is 0 Å². The van der Waals surface area contributed by atoms with Crippen molar-refractivity contribution in [2.24, 2.45) is 0 Å². The van der Waals surface area contributed by atoms with Crippen LogP contribution in [0.4, 0.5) is 5.69 Å². The summed E-state index contributed by atoms with van der Waals surface area (Å²) in [5.74, 6) is -1.62. The second-order valence-electron chi connectivity index (χ2n) is 7.12. The van der Waals surface area contributed by atoms with Gasteiger partial charge in [-0.05, 0) is 24.6 Å². The fourth-order valence-electron chi connectivity index (χ4n) is 3.56. The van der Waals surface area contributed by atoms with Crippen LogP contribution in [-0.4, -0.2) is 23.4 Å². The Hall–Kier alpha value is -4.06. The van der Waals surface area contributed by atoms with E-state index in [1.54, 1.807) is 54.6 Å². The summed E-state index contributed by atoms with van der Waals surface area (Å²) in [5, 5.41) is 2.71. The molecule has 6 heteroatoms. The van der Waals surface area contributed by atoms with Gasteiger partial charge in [0.2, 0.25) is 5.91 Å². The number of anilines is 1. The molecule has 154 valence electrons. The molecule has 0 aliphatic heterocycles. The van der Waals surface area contributed by atoms with E-state index in [2.05, 4.69) is 5.32 Å². The molecule has 31 heavy (non-hydrogen) atoms. The topological polar surface area (TPSA) is 89.5 Å². The number of carbonyl (C=O) groups is 4. The number of amides is 1. The van der Waals surface area contributed by atoms with Crippen LogP contribution in [0, 0.1) is 0 Å². The van der Waals surface area contributed by atoms with Crippen molar-refractivity contribution in [3.8, 4) is 5.75 Å². The van der Waals surface area contributed by atoms with Crippen LogP contribution in [0.25, 0.3) is 0 Å². The predicted molar refractivity (Wildman–Crippen MR) is 115 cm³/mol. The molecule has 1 amide bonds. The van der Waals surface area contributed by atoms with Crippen LogP contribution in [0.1, 0.15) is 62.0 Å². The summed E-state index contributed by atoms with van der Waals surface area (Å²) in [6, 6.07) is 17.6. The first kappa shape index (κ1) is 20.2. The highest BCUT2D eigenvalue weighted by Crippen LogP contribution is 2.33. The molecule has 0 spiro atoms. The van der Waals surface area contributed by atoms with E-state index in [1.165, 1.54) is 12.1 Å². The van der Waals surface area contributed by atoms with E-state index in [-0.39, 0.29) is 45.5 Å². The van der Waals surface area contributed by atoms with Gasteiger partial charge in [0.25, 0.3) is 0 Å². The number of hydrogen-bond donors (Lipinski definition) is 1. The summed E-state index contributed by atoms with van der Waals surface area (Å²) in [6.07, 6.45) is 0.998. The third-order valence-electron chi connectivity index (χ3n) is 5.02. The third-order valence-corrected chi connectivity index (χ3v) is 5.02.